The second-order valence-corrected chi connectivity index (χ2v) is 6.57. The molecule has 0 aliphatic heterocycles. The first-order valence-corrected chi connectivity index (χ1v) is 9.10. The Kier molecular flexibility index (Phi) is 5.65. The van der Waals surface area contributed by atoms with Crippen molar-refractivity contribution in [2.75, 3.05) is 11.4 Å². The second kappa shape index (κ2) is 8.12. The number of nitrogens with zero attached hydrogens (tertiary/aromatic N) is 4. The summed E-state index contributed by atoms with van der Waals surface area (Å²) in [7, 11) is 0. The van der Waals surface area contributed by atoms with E-state index in [2.05, 4.69) is 9.97 Å². The number of aromatic nitrogens is 2. The smallest absolute Gasteiger partial charge is 0.373 e. The number of aryl methyl sites for hydroxylation is 1. The fourth-order valence-electron chi connectivity index (χ4n) is 3.39. The number of hydrogen-bond acceptors (Lipinski definition) is 6. The molecule has 3 rings (SSSR count). The lowest BCUT2D eigenvalue weighted by molar-refractivity contribution is -0.385. The lowest BCUT2D eigenvalue weighted by atomic mass is 9.98. The minimum Gasteiger partial charge on any atom is -0.469 e. The Bertz CT molecular complexity index is 775. The molecule has 138 valence electrons. The van der Waals surface area contributed by atoms with Crippen molar-refractivity contribution in [3.8, 4) is 5.88 Å². The third kappa shape index (κ3) is 3.92. The molecule has 0 atom stereocenters. The van der Waals surface area contributed by atoms with Gasteiger partial charge in [-0.1, -0.05) is 18.6 Å². The maximum Gasteiger partial charge on any atom is 0.373 e. The molecule has 1 heterocycles. The van der Waals surface area contributed by atoms with Crippen LogP contribution >= 0.6 is 0 Å². The first kappa shape index (κ1) is 18.1. The Morgan fingerprint density at radius 2 is 2.04 bits per heavy atom. The van der Waals surface area contributed by atoms with Crippen LogP contribution in [0.2, 0.25) is 0 Å². The minimum atomic E-state index is -0.439. The van der Waals surface area contributed by atoms with Crippen LogP contribution in [0.25, 0.3) is 0 Å². The third-order valence-electron chi connectivity index (χ3n) is 4.67. The molecule has 0 spiro atoms. The summed E-state index contributed by atoms with van der Waals surface area (Å²) in [4.78, 5) is 21.5. The number of ether oxygens (including phenoxy) is 1. The zero-order valence-corrected chi connectivity index (χ0v) is 15.2. The predicted octanol–water partition coefficient (Wildman–Crippen LogP) is 4.56. The van der Waals surface area contributed by atoms with Crippen LogP contribution in [0.1, 0.15) is 44.6 Å². The molecule has 1 saturated carbocycles. The summed E-state index contributed by atoms with van der Waals surface area (Å²) in [6.45, 7) is 4.48. The van der Waals surface area contributed by atoms with Crippen molar-refractivity contribution >= 4 is 17.2 Å². The lowest BCUT2D eigenvalue weighted by Gasteiger charge is -2.24. The highest BCUT2D eigenvalue weighted by molar-refractivity contribution is 5.71. The molecule has 1 fully saturated rings. The highest BCUT2D eigenvalue weighted by Gasteiger charge is 2.30. The van der Waals surface area contributed by atoms with Gasteiger partial charge < -0.3 is 9.64 Å². The van der Waals surface area contributed by atoms with E-state index in [0.717, 1.165) is 36.9 Å². The normalized spacial score (nSPS) is 14.8. The topological polar surface area (TPSA) is 81.4 Å². The van der Waals surface area contributed by atoms with E-state index in [1.165, 1.54) is 12.7 Å². The molecule has 1 aliphatic rings. The van der Waals surface area contributed by atoms with Crippen molar-refractivity contribution in [2.24, 2.45) is 0 Å². The molecule has 1 aliphatic carbocycles. The summed E-state index contributed by atoms with van der Waals surface area (Å²) < 4.78 is 5.92. The maximum atomic E-state index is 11.8. The van der Waals surface area contributed by atoms with Gasteiger partial charge in [-0.3, -0.25) is 10.1 Å². The molecule has 1 aromatic heterocycles. The van der Waals surface area contributed by atoms with E-state index >= 15 is 0 Å². The molecule has 7 heteroatoms. The van der Waals surface area contributed by atoms with Crippen LogP contribution in [0, 0.1) is 17.0 Å². The third-order valence-corrected chi connectivity index (χ3v) is 4.67. The lowest BCUT2D eigenvalue weighted by Crippen LogP contribution is -2.23. The van der Waals surface area contributed by atoms with Crippen LogP contribution in [0.3, 0.4) is 0 Å². The van der Waals surface area contributed by atoms with Gasteiger partial charge in [-0.05, 0) is 57.2 Å². The van der Waals surface area contributed by atoms with Gasteiger partial charge in [0.2, 0.25) is 5.82 Å². The molecule has 0 radical (unpaired) electrons. The molecule has 0 bridgehead atoms. The van der Waals surface area contributed by atoms with Gasteiger partial charge in [0.1, 0.15) is 12.4 Å². The average Bonchev–Trinajstić information content (AvgIpc) is 2.63. The summed E-state index contributed by atoms with van der Waals surface area (Å²) in [5.74, 6) is 0.335. The second-order valence-electron chi connectivity index (χ2n) is 6.57. The highest BCUT2D eigenvalue weighted by atomic mass is 16.6. The summed E-state index contributed by atoms with van der Waals surface area (Å²) in [6, 6.07) is 7.82. The van der Waals surface area contributed by atoms with Gasteiger partial charge in [-0.2, -0.15) is 4.98 Å². The van der Waals surface area contributed by atoms with Crippen molar-refractivity contribution in [3.05, 3.63) is 46.3 Å². The fourth-order valence-corrected chi connectivity index (χ4v) is 3.39. The summed E-state index contributed by atoms with van der Waals surface area (Å²) in [5.41, 5.74) is 1.77. The maximum absolute atomic E-state index is 11.8. The van der Waals surface area contributed by atoms with E-state index in [1.807, 2.05) is 43.0 Å². The van der Waals surface area contributed by atoms with E-state index in [9.17, 15) is 10.1 Å². The van der Waals surface area contributed by atoms with E-state index in [0.29, 0.717) is 6.54 Å². The standard InChI is InChI=1S/C19H24N4O3/c1-3-22(15-9-7-8-14(2)12-15)18-17(23(24)25)19(21-13-20-18)26-16-10-5-4-6-11-16/h7-9,12-13,16H,3-6,10-11H2,1-2H3. The Balaban J connectivity index is 2.00. The van der Waals surface area contributed by atoms with Gasteiger partial charge in [0.25, 0.3) is 5.88 Å². The molecule has 7 nitrogen and oxygen atoms in total. The molecular weight excluding hydrogens is 332 g/mol. The average molecular weight is 356 g/mol. The fraction of sp³-hybridized carbons (Fsp3) is 0.474. The number of rotatable bonds is 6. The van der Waals surface area contributed by atoms with Crippen molar-refractivity contribution < 1.29 is 9.66 Å². The number of nitro groups is 1. The van der Waals surface area contributed by atoms with Crippen LogP contribution in [0.15, 0.2) is 30.6 Å². The van der Waals surface area contributed by atoms with Crippen LogP contribution in [-0.2, 0) is 0 Å². The Morgan fingerprint density at radius 1 is 1.27 bits per heavy atom. The van der Waals surface area contributed by atoms with Crippen LogP contribution in [-0.4, -0.2) is 27.5 Å². The van der Waals surface area contributed by atoms with Gasteiger partial charge in [0, 0.05) is 12.2 Å². The molecular formula is C19H24N4O3. The summed E-state index contributed by atoms with van der Waals surface area (Å²) in [5, 5.41) is 11.8. The molecule has 26 heavy (non-hydrogen) atoms. The van der Waals surface area contributed by atoms with E-state index in [4.69, 9.17) is 4.74 Å². The number of benzene rings is 1. The van der Waals surface area contributed by atoms with Crippen molar-refractivity contribution in [1.82, 2.24) is 9.97 Å². The van der Waals surface area contributed by atoms with Gasteiger partial charge in [-0.25, -0.2) is 4.98 Å². The van der Waals surface area contributed by atoms with Crippen molar-refractivity contribution in [1.29, 1.82) is 0 Å². The van der Waals surface area contributed by atoms with Crippen LogP contribution in [0.4, 0.5) is 17.2 Å². The monoisotopic (exact) mass is 356 g/mol. The molecule has 0 N–H and O–H groups in total. The summed E-state index contributed by atoms with van der Waals surface area (Å²) >= 11 is 0. The minimum absolute atomic E-state index is 0.0146. The first-order valence-electron chi connectivity index (χ1n) is 9.10. The van der Waals surface area contributed by atoms with Gasteiger partial charge in [0.05, 0.1) is 4.92 Å². The zero-order chi connectivity index (χ0) is 18.5. The number of anilines is 2. The molecule has 2 aromatic rings. The van der Waals surface area contributed by atoms with E-state index in [1.54, 1.807) is 0 Å². The van der Waals surface area contributed by atoms with Crippen LogP contribution in [0.5, 0.6) is 5.88 Å². The molecule has 0 unspecified atom stereocenters. The summed E-state index contributed by atoms with van der Waals surface area (Å²) in [6.07, 6.45) is 6.51. The SMILES string of the molecule is CCN(c1cccc(C)c1)c1ncnc(OC2CCCCC2)c1[N+](=O)[O-]. The predicted molar refractivity (Wildman–Crippen MR) is 100 cm³/mol. The molecule has 1 aromatic carbocycles. The Hall–Kier alpha value is -2.70. The van der Waals surface area contributed by atoms with Crippen molar-refractivity contribution in [3.63, 3.8) is 0 Å². The van der Waals surface area contributed by atoms with E-state index in [-0.39, 0.29) is 23.5 Å². The zero-order valence-electron chi connectivity index (χ0n) is 15.2. The molecule has 0 amide bonds. The quantitative estimate of drug-likeness (QED) is 0.557. The largest absolute Gasteiger partial charge is 0.469 e. The van der Waals surface area contributed by atoms with Crippen molar-refractivity contribution in [2.45, 2.75) is 52.1 Å². The Labute approximate surface area is 153 Å². The van der Waals surface area contributed by atoms with Gasteiger partial charge in [0.15, 0.2) is 0 Å². The van der Waals surface area contributed by atoms with E-state index < -0.39 is 4.92 Å². The van der Waals surface area contributed by atoms with Gasteiger partial charge in [-0.15, -0.1) is 0 Å². The first-order chi connectivity index (χ1) is 12.6. The molecule has 0 saturated heterocycles. The van der Waals surface area contributed by atoms with Gasteiger partial charge >= 0.3 is 5.69 Å². The Morgan fingerprint density at radius 3 is 2.69 bits per heavy atom. The highest BCUT2D eigenvalue weighted by Crippen LogP contribution is 2.38. The number of hydrogen-bond donors (Lipinski definition) is 0. The van der Waals surface area contributed by atoms with Crippen LogP contribution < -0.4 is 9.64 Å².